The molecule has 0 aliphatic heterocycles. The number of thiazole rings is 1. The van der Waals surface area contributed by atoms with Crippen LogP contribution in [0.15, 0.2) is 54.0 Å². The number of carbonyl (C=O) groups excluding carboxylic acids is 1. The number of nitrogens with one attached hydrogen (secondary N) is 1. The highest BCUT2D eigenvalue weighted by Crippen LogP contribution is 2.21. The number of carbonyl (C=O) groups is 1. The molecule has 0 atom stereocenters. The Balaban J connectivity index is 1.37. The van der Waals surface area contributed by atoms with E-state index in [1.54, 1.807) is 6.20 Å². The summed E-state index contributed by atoms with van der Waals surface area (Å²) in [5, 5.41) is 5.74. The predicted molar refractivity (Wildman–Crippen MR) is 109 cm³/mol. The number of rotatable bonds is 8. The molecule has 0 bridgehead atoms. The van der Waals surface area contributed by atoms with E-state index in [4.69, 9.17) is 0 Å². The van der Waals surface area contributed by atoms with Gasteiger partial charge in [0.1, 0.15) is 5.01 Å². The summed E-state index contributed by atoms with van der Waals surface area (Å²) in [5.41, 5.74) is 4.23. The molecule has 1 aromatic carbocycles. The minimum Gasteiger partial charge on any atom is -0.355 e. The minimum absolute atomic E-state index is 0.0128. The molecule has 1 amide bonds. The fraction of sp³-hybridized carbons (Fsp3) is 0.250. The lowest BCUT2D eigenvalue weighted by Gasteiger charge is -2.05. The lowest BCUT2D eigenvalue weighted by Crippen LogP contribution is -2.27. The number of hydrogen-bond donors (Lipinski definition) is 1. The number of pyridine rings is 1. The second kappa shape index (κ2) is 9.50. The molecule has 0 spiro atoms. The van der Waals surface area contributed by atoms with E-state index >= 15 is 0 Å². The third-order valence-electron chi connectivity index (χ3n) is 3.74. The Morgan fingerprint density at radius 3 is 2.81 bits per heavy atom. The van der Waals surface area contributed by atoms with Crippen LogP contribution in [0.5, 0.6) is 0 Å². The number of aromatic nitrogens is 2. The van der Waals surface area contributed by atoms with Gasteiger partial charge in [0.15, 0.2) is 0 Å². The summed E-state index contributed by atoms with van der Waals surface area (Å²) in [6, 6.07) is 14.3. The van der Waals surface area contributed by atoms with Gasteiger partial charge in [0.05, 0.1) is 17.8 Å². The van der Waals surface area contributed by atoms with Crippen molar-refractivity contribution in [3.63, 3.8) is 0 Å². The molecule has 0 aliphatic carbocycles. The van der Waals surface area contributed by atoms with Crippen LogP contribution in [0.3, 0.4) is 0 Å². The van der Waals surface area contributed by atoms with Crippen molar-refractivity contribution in [1.29, 1.82) is 0 Å². The van der Waals surface area contributed by atoms with Gasteiger partial charge in [-0.05, 0) is 24.6 Å². The van der Waals surface area contributed by atoms with Crippen molar-refractivity contribution in [2.24, 2.45) is 0 Å². The van der Waals surface area contributed by atoms with Gasteiger partial charge in [-0.25, -0.2) is 4.98 Å². The Morgan fingerprint density at radius 2 is 2.04 bits per heavy atom. The molecule has 3 aromatic rings. The predicted octanol–water partition coefficient (Wildman–Crippen LogP) is 4.11. The molecular formula is C20H21N3OS2. The Bertz CT molecular complexity index is 832. The largest absolute Gasteiger partial charge is 0.355 e. The molecule has 0 saturated carbocycles. The van der Waals surface area contributed by atoms with E-state index < -0.39 is 0 Å². The summed E-state index contributed by atoms with van der Waals surface area (Å²) in [6.45, 7) is 2.76. The number of amides is 1. The van der Waals surface area contributed by atoms with Crippen molar-refractivity contribution >= 4 is 29.0 Å². The van der Waals surface area contributed by atoms with Gasteiger partial charge < -0.3 is 5.32 Å². The normalized spacial score (nSPS) is 10.7. The van der Waals surface area contributed by atoms with E-state index in [2.05, 4.69) is 46.5 Å². The number of thioether (sulfide) groups is 1. The molecule has 0 fully saturated rings. The topological polar surface area (TPSA) is 54.9 Å². The van der Waals surface area contributed by atoms with Gasteiger partial charge in [-0.15, -0.1) is 11.3 Å². The van der Waals surface area contributed by atoms with Crippen LogP contribution in [0, 0.1) is 6.92 Å². The first-order chi connectivity index (χ1) is 12.7. The van der Waals surface area contributed by atoms with Gasteiger partial charge in [-0.2, -0.15) is 11.8 Å². The summed E-state index contributed by atoms with van der Waals surface area (Å²) >= 11 is 3.34. The molecule has 1 N–H and O–H groups in total. The fourth-order valence-electron chi connectivity index (χ4n) is 2.36. The van der Waals surface area contributed by atoms with Crippen molar-refractivity contribution in [2.45, 2.75) is 19.1 Å². The van der Waals surface area contributed by atoms with Crippen LogP contribution in [-0.2, 0) is 17.0 Å². The van der Waals surface area contributed by atoms with Crippen molar-refractivity contribution < 1.29 is 4.79 Å². The van der Waals surface area contributed by atoms with Crippen LogP contribution < -0.4 is 5.32 Å². The zero-order chi connectivity index (χ0) is 18.2. The second-order valence-corrected chi connectivity index (χ2v) is 7.89. The number of nitrogens with zero attached hydrogens (tertiary/aromatic N) is 2. The third kappa shape index (κ3) is 5.68. The van der Waals surface area contributed by atoms with Crippen molar-refractivity contribution in [1.82, 2.24) is 15.3 Å². The summed E-state index contributed by atoms with van der Waals surface area (Å²) in [7, 11) is 0. The summed E-state index contributed by atoms with van der Waals surface area (Å²) in [4.78, 5) is 20.8. The average Bonchev–Trinajstić information content (AvgIpc) is 3.12. The molecule has 3 rings (SSSR count). The molecule has 26 heavy (non-hydrogen) atoms. The highest BCUT2D eigenvalue weighted by atomic mass is 32.2. The first-order valence-electron chi connectivity index (χ1n) is 8.46. The molecule has 4 nitrogen and oxygen atoms in total. The SMILES string of the molecule is Cc1ccc(CSCCNC(=O)Cc2csc(-c3ccccn3)n2)cc1. The first-order valence-corrected chi connectivity index (χ1v) is 10.5. The lowest BCUT2D eigenvalue weighted by atomic mass is 10.2. The van der Waals surface area contributed by atoms with Crippen LogP contribution in [-0.4, -0.2) is 28.2 Å². The Labute approximate surface area is 162 Å². The van der Waals surface area contributed by atoms with Crippen molar-refractivity contribution in [3.8, 4) is 10.7 Å². The molecule has 2 heterocycles. The molecule has 6 heteroatoms. The minimum atomic E-state index is 0.0128. The quantitative estimate of drug-likeness (QED) is 0.595. The van der Waals surface area contributed by atoms with Crippen molar-refractivity contribution in [3.05, 3.63) is 70.9 Å². The van der Waals surface area contributed by atoms with Crippen LogP contribution in [0.25, 0.3) is 10.7 Å². The van der Waals surface area contributed by atoms with Crippen LogP contribution >= 0.6 is 23.1 Å². The van der Waals surface area contributed by atoms with Crippen LogP contribution in [0.2, 0.25) is 0 Å². The van der Waals surface area contributed by atoms with E-state index in [1.807, 2.05) is 35.3 Å². The number of hydrogen-bond acceptors (Lipinski definition) is 5. The standard InChI is InChI=1S/C20H21N3OS2/c1-15-5-7-16(8-6-15)13-25-11-10-22-19(24)12-17-14-26-20(23-17)18-4-2-3-9-21-18/h2-9,14H,10-13H2,1H3,(H,22,24). The molecule has 0 radical (unpaired) electrons. The summed E-state index contributed by atoms with van der Waals surface area (Å²) < 4.78 is 0. The summed E-state index contributed by atoms with van der Waals surface area (Å²) in [6.07, 6.45) is 2.06. The van der Waals surface area contributed by atoms with E-state index in [1.165, 1.54) is 22.5 Å². The van der Waals surface area contributed by atoms with Gasteiger partial charge in [0, 0.05) is 29.6 Å². The number of benzene rings is 1. The van der Waals surface area contributed by atoms with Gasteiger partial charge in [-0.3, -0.25) is 9.78 Å². The smallest absolute Gasteiger partial charge is 0.226 e. The lowest BCUT2D eigenvalue weighted by molar-refractivity contribution is -0.120. The highest BCUT2D eigenvalue weighted by Gasteiger charge is 2.09. The molecule has 134 valence electrons. The molecule has 0 aliphatic rings. The monoisotopic (exact) mass is 383 g/mol. The molecule has 2 aromatic heterocycles. The van der Waals surface area contributed by atoms with Crippen LogP contribution in [0.1, 0.15) is 16.8 Å². The first kappa shape index (κ1) is 18.6. The van der Waals surface area contributed by atoms with Crippen LogP contribution in [0.4, 0.5) is 0 Å². The van der Waals surface area contributed by atoms with Crippen molar-refractivity contribution in [2.75, 3.05) is 12.3 Å². The maximum absolute atomic E-state index is 12.1. The van der Waals surface area contributed by atoms with Gasteiger partial charge in [0.25, 0.3) is 0 Å². The summed E-state index contributed by atoms with van der Waals surface area (Å²) in [5.74, 6) is 1.88. The van der Waals surface area contributed by atoms with E-state index in [9.17, 15) is 4.79 Å². The van der Waals surface area contributed by atoms with Gasteiger partial charge in [0.2, 0.25) is 5.91 Å². The second-order valence-electron chi connectivity index (χ2n) is 5.92. The zero-order valence-electron chi connectivity index (χ0n) is 14.6. The zero-order valence-corrected chi connectivity index (χ0v) is 16.3. The fourth-order valence-corrected chi connectivity index (χ4v) is 3.97. The maximum Gasteiger partial charge on any atom is 0.226 e. The Morgan fingerprint density at radius 1 is 1.19 bits per heavy atom. The highest BCUT2D eigenvalue weighted by molar-refractivity contribution is 7.98. The van der Waals surface area contributed by atoms with E-state index in [-0.39, 0.29) is 5.91 Å². The Kier molecular flexibility index (Phi) is 6.80. The van der Waals surface area contributed by atoms with E-state index in [0.717, 1.165) is 27.9 Å². The molecular weight excluding hydrogens is 362 g/mol. The van der Waals surface area contributed by atoms with Gasteiger partial charge in [-0.1, -0.05) is 35.9 Å². The van der Waals surface area contributed by atoms with Gasteiger partial charge >= 0.3 is 0 Å². The Hall–Kier alpha value is -2.18. The third-order valence-corrected chi connectivity index (χ3v) is 5.68. The average molecular weight is 384 g/mol. The number of aryl methyl sites for hydroxylation is 1. The van der Waals surface area contributed by atoms with E-state index in [0.29, 0.717) is 13.0 Å². The molecule has 0 unspecified atom stereocenters. The molecule has 0 saturated heterocycles. The maximum atomic E-state index is 12.1.